The van der Waals surface area contributed by atoms with Crippen molar-refractivity contribution >= 4 is 43.2 Å². The van der Waals surface area contributed by atoms with Crippen molar-refractivity contribution < 1.29 is 4.92 Å². The molecular formula is C12H9Br2N3O2. The number of nitro benzene ring substituents is 1. The van der Waals surface area contributed by atoms with E-state index in [0.29, 0.717) is 11.0 Å². The SMILES string of the molecule is O=[N+]([O-])c1ccc(NCc2ccc(Br)cn2)cc1Br. The van der Waals surface area contributed by atoms with Crippen LogP contribution >= 0.6 is 31.9 Å². The first kappa shape index (κ1) is 14.0. The highest BCUT2D eigenvalue weighted by atomic mass is 79.9. The molecule has 1 aromatic carbocycles. The summed E-state index contributed by atoms with van der Waals surface area (Å²) < 4.78 is 1.38. The van der Waals surface area contributed by atoms with Crippen molar-refractivity contribution in [3.8, 4) is 0 Å². The number of nitrogens with one attached hydrogen (secondary N) is 1. The molecule has 5 nitrogen and oxygen atoms in total. The van der Waals surface area contributed by atoms with Crippen molar-refractivity contribution in [2.45, 2.75) is 6.54 Å². The highest BCUT2D eigenvalue weighted by Crippen LogP contribution is 2.27. The van der Waals surface area contributed by atoms with Crippen LogP contribution in [0.15, 0.2) is 45.5 Å². The van der Waals surface area contributed by atoms with Crippen LogP contribution in [0, 0.1) is 10.1 Å². The van der Waals surface area contributed by atoms with Gasteiger partial charge in [-0.15, -0.1) is 0 Å². The van der Waals surface area contributed by atoms with Crippen LogP contribution in [0.5, 0.6) is 0 Å². The van der Waals surface area contributed by atoms with E-state index in [4.69, 9.17) is 0 Å². The summed E-state index contributed by atoms with van der Waals surface area (Å²) in [5.74, 6) is 0. The first-order valence-corrected chi connectivity index (χ1v) is 6.93. The number of hydrogen-bond donors (Lipinski definition) is 1. The first-order chi connectivity index (χ1) is 9.06. The molecule has 0 unspecified atom stereocenters. The summed E-state index contributed by atoms with van der Waals surface area (Å²) in [6.45, 7) is 0.553. The molecule has 1 aromatic heterocycles. The van der Waals surface area contributed by atoms with E-state index in [1.165, 1.54) is 6.07 Å². The average molecular weight is 387 g/mol. The van der Waals surface area contributed by atoms with Gasteiger partial charge in [-0.2, -0.15) is 0 Å². The molecule has 1 N–H and O–H groups in total. The van der Waals surface area contributed by atoms with Crippen molar-refractivity contribution in [3.05, 3.63) is 61.3 Å². The van der Waals surface area contributed by atoms with Gasteiger partial charge in [0.05, 0.1) is 21.6 Å². The Kier molecular flexibility index (Phi) is 4.49. The van der Waals surface area contributed by atoms with Gasteiger partial charge in [-0.05, 0) is 56.1 Å². The molecule has 0 saturated heterocycles. The fourth-order valence-electron chi connectivity index (χ4n) is 1.47. The first-order valence-electron chi connectivity index (χ1n) is 5.34. The van der Waals surface area contributed by atoms with Crippen LogP contribution in [-0.4, -0.2) is 9.91 Å². The lowest BCUT2D eigenvalue weighted by molar-refractivity contribution is -0.385. The maximum absolute atomic E-state index is 10.7. The Bertz CT molecular complexity index is 602. The lowest BCUT2D eigenvalue weighted by Gasteiger charge is -2.06. The lowest BCUT2D eigenvalue weighted by atomic mass is 10.2. The van der Waals surface area contributed by atoms with Crippen LogP contribution in [-0.2, 0) is 6.54 Å². The summed E-state index contributed by atoms with van der Waals surface area (Å²) in [6.07, 6.45) is 1.72. The van der Waals surface area contributed by atoms with E-state index >= 15 is 0 Å². The monoisotopic (exact) mass is 385 g/mol. The van der Waals surface area contributed by atoms with E-state index in [-0.39, 0.29) is 5.69 Å². The van der Waals surface area contributed by atoms with Crippen LogP contribution in [0.4, 0.5) is 11.4 Å². The Hall–Kier alpha value is -1.47. The van der Waals surface area contributed by atoms with Crippen molar-refractivity contribution in [2.75, 3.05) is 5.32 Å². The Labute approximate surface area is 126 Å². The number of halogens is 2. The summed E-state index contributed by atoms with van der Waals surface area (Å²) in [7, 11) is 0. The molecule has 0 aliphatic rings. The third-order valence-electron chi connectivity index (χ3n) is 2.41. The van der Waals surface area contributed by atoms with E-state index in [0.717, 1.165) is 15.9 Å². The Morgan fingerprint density at radius 2 is 2.05 bits per heavy atom. The standard InChI is InChI=1S/C12H9Br2N3O2/c13-8-1-2-10(15-6-8)7-16-9-3-4-12(17(18)19)11(14)5-9/h1-6,16H,7H2. The summed E-state index contributed by atoms with van der Waals surface area (Å²) in [4.78, 5) is 14.5. The zero-order chi connectivity index (χ0) is 13.8. The summed E-state index contributed by atoms with van der Waals surface area (Å²) >= 11 is 6.50. The minimum Gasteiger partial charge on any atom is -0.379 e. The molecule has 0 aliphatic heterocycles. The quantitative estimate of drug-likeness (QED) is 0.633. The molecule has 0 spiro atoms. The van der Waals surface area contributed by atoms with Crippen LogP contribution in [0.1, 0.15) is 5.69 Å². The number of anilines is 1. The van der Waals surface area contributed by atoms with Crippen LogP contribution < -0.4 is 5.32 Å². The average Bonchev–Trinajstić information content (AvgIpc) is 2.37. The summed E-state index contributed by atoms with van der Waals surface area (Å²) in [5.41, 5.74) is 1.73. The van der Waals surface area contributed by atoms with E-state index < -0.39 is 4.92 Å². The summed E-state index contributed by atoms with van der Waals surface area (Å²) in [5, 5.41) is 13.8. The molecule has 0 atom stereocenters. The number of pyridine rings is 1. The Balaban J connectivity index is 2.06. The van der Waals surface area contributed by atoms with Gasteiger partial charge in [0.15, 0.2) is 0 Å². The maximum atomic E-state index is 10.7. The van der Waals surface area contributed by atoms with Gasteiger partial charge in [-0.25, -0.2) is 0 Å². The maximum Gasteiger partial charge on any atom is 0.283 e. The lowest BCUT2D eigenvalue weighted by Crippen LogP contribution is -2.01. The molecule has 19 heavy (non-hydrogen) atoms. The van der Waals surface area contributed by atoms with Gasteiger partial charge in [0.2, 0.25) is 0 Å². The van der Waals surface area contributed by atoms with Gasteiger partial charge in [0.1, 0.15) is 0 Å². The molecule has 0 radical (unpaired) electrons. The second-order valence-electron chi connectivity index (χ2n) is 3.74. The molecule has 0 amide bonds. The van der Waals surface area contributed by atoms with Gasteiger partial charge < -0.3 is 5.32 Å². The third-order valence-corrected chi connectivity index (χ3v) is 3.51. The molecule has 0 fully saturated rings. The molecule has 1 heterocycles. The number of benzene rings is 1. The fourth-order valence-corrected chi connectivity index (χ4v) is 2.23. The van der Waals surface area contributed by atoms with Gasteiger partial charge in [0, 0.05) is 22.4 Å². The molecule has 0 aliphatic carbocycles. The van der Waals surface area contributed by atoms with Gasteiger partial charge in [-0.3, -0.25) is 15.1 Å². The fraction of sp³-hybridized carbons (Fsp3) is 0.0833. The Morgan fingerprint density at radius 1 is 1.26 bits per heavy atom. The second-order valence-corrected chi connectivity index (χ2v) is 5.51. The molecule has 2 rings (SSSR count). The van der Waals surface area contributed by atoms with Crippen molar-refractivity contribution in [1.29, 1.82) is 0 Å². The second kappa shape index (κ2) is 6.12. The van der Waals surface area contributed by atoms with Crippen LogP contribution in [0.3, 0.4) is 0 Å². The topological polar surface area (TPSA) is 68.1 Å². The number of hydrogen-bond acceptors (Lipinski definition) is 4. The number of nitro groups is 1. The van der Waals surface area contributed by atoms with Crippen molar-refractivity contribution in [2.24, 2.45) is 0 Å². The third kappa shape index (κ3) is 3.74. The summed E-state index contributed by atoms with van der Waals surface area (Å²) in [6, 6.07) is 8.62. The van der Waals surface area contributed by atoms with Crippen LogP contribution in [0.2, 0.25) is 0 Å². The predicted octanol–water partition coefficient (Wildman–Crippen LogP) is 4.13. The minimum absolute atomic E-state index is 0.0484. The van der Waals surface area contributed by atoms with E-state index in [1.807, 2.05) is 12.1 Å². The molecule has 7 heteroatoms. The predicted molar refractivity (Wildman–Crippen MR) is 80.1 cm³/mol. The van der Waals surface area contributed by atoms with E-state index in [9.17, 15) is 10.1 Å². The van der Waals surface area contributed by atoms with Gasteiger partial charge in [0.25, 0.3) is 5.69 Å². The van der Waals surface area contributed by atoms with Crippen molar-refractivity contribution in [3.63, 3.8) is 0 Å². The molecule has 0 saturated carbocycles. The number of rotatable bonds is 4. The van der Waals surface area contributed by atoms with E-state index in [2.05, 4.69) is 42.2 Å². The number of aromatic nitrogens is 1. The molecule has 2 aromatic rings. The van der Waals surface area contributed by atoms with Gasteiger partial charge in [-0.1, -0.05) is 0 Å². The zero-order valence-electron chi connectivity index (χ0n) is 9.64. The Morgan fingerprint density at radius 3 is 2.63 bits per heavy atom. The van der Waals surface area contributed by atoms with Crippen LogP contribution in [0.25, 0.3) is 0 Å². The van der Waals surface area contributed by atoms with Gasteiger partial charge >= 0.3 is 0 Å². The molecule has 98 valence electrons. The molecular weight excluding hydrogens is 378 g/mol. The van der Waals surface area contributed by atoms with Crippen molar-refractivity contribution in [1.82, 2.24) is 4.98 Å². The normalized spacial score (nSPS) is 10.2. The van der Waals surface area contributed by atoms with E-state index in [1.54, 1.807) is 18.3 Å². The number of nitrogens with zero attached hydrogens (tertiary/aromatic N) is 2. The minimum atomic E-state index is -0.426. The highest BCUT2D eigenvalue weighted by molar-refractivity contribution is 9.10. The largest absolute Gasteiger partial charge is 0.379 e. The highest BCUT2D eigenvalue weighted by Gasteiger charge is 2.11. The smallest absolute Gasteiger partial charge is 0.283 e. The molecule has 0 bridgehead atoms. The zero-order valence-corrected chi connectivity index (χ0v) is 12.8.